The molecule has 1 saturated carbocycles. The first-order chi connectivity index (χ1) is 15.3. The molecule has 1 N–H and O–H groups in total. The third kappa shape index (κ3) is 4.08. The molecule has 3 heterocycles. The number of piperidine rings is 1. The number of nitrogens with zero attached hydrogens (tertiary/aromatic N) is 4. The Kier molecular flexibility index (Phi) is 6.17. The molecule has 172 valence electrons. The molecule has 0 radical (unpaired) electrons. The van der Waals surface area contributed by atoms with Crippen LogP contribution < -0.4 is 5.32 Å². The quantitative estimate of drug-likeness (QED) is 0.722. The molecule has 0 atom stereocenters. The number of rotatable bonds is 4. The van der Waals surface area contributed by atoms with Crippen LogP contribution in [0.2, 0.25) is 0 Å². The highest BCUT2D eigenvalue weighted by Gasteiger charge is 2.56. The molecule has 2 aliphatic heterocycles. The van der Waals surface area contributed by atoms with Crippen molar-refractivity contribution in [1.29, 1.82) is 0 Å². The average Bonchev–Trinajstić information content (AvgIpc) is 2.97. The molecule has 2 saturated heterocycles. The lowest BCUT2D eigenvalue weighted by Crippen LogP contribution is -2.50. The van der Waals surface area contributed by atoms with E-state index in [2.05, 4.69) is 10.3 Å². The van der Waals surface area contributed by atoms with Gasteiger partial charge < -0.3 is 15.1 Å². The largest absolute Gasteiger partial charge is 0.341 e. The van der Waals surface area contributed by atoms with Crippen molar-refractivity contribution >= 4 is 29.6 Å². The monoisotopic (exact) mass is 441 g/mol. The van der Waals surface area contributed by atoms with Crippen LogP contribution in [0.15, 0.2) is 18.3 Å². The van der Waals surface area contributed by atoms with E-state index in [0.29, 0.717) is 44.6 Å². The van der Waals surface area contributed by atoms with Gasteiger partial charge in [0.2, 0.25) is 11.8 Å². The summed E-state index contributed by atoms with van der Waals surface area (Å²) < 4.78 is 0. The van der Waals surface area contributed by atoms with E-state index in [1.54, 1.807) is 24.2 Å². The van der Waals surface area contributed by atoms with Crippen molar-refractivity contribution < 1.29 is 19.2 Å². The van der Waals surface area contributed by atoms with E-state index in [1.165, 1.54) is 4.90 Å². The summed E-state index contributed by atoms with van der Waals surface area (Å²) in [6.45, 7) is 2.56. The lowest BCUT2D eigenvalue weighted by Gasteiger charge is -2.36. The maximum absolute atomic E-state index is 13.1. The molecule has 32 heavy (non-hydrogen) atoms. The zero-order valence-electron chi connectivity index (χ0n) is 18.8. The fraction of sp³-hybridized carbons (Fsp3) is 0.609. The molecular weight excluding hydrogens is 410 g/mol. The van der Waals surface area contributed by atoms with Gasteiger partial charge in [0.25, 0.3) is 5.91 Å². The fourth-order valence-electron chi connectivity index (χ4n) is 5.07. The second-order valence-electron chi connectivity index (χ2n) is 9.19. The number of carbonyl (C=O) groups is 4. The molecule has 0 aromatic carbocycles. The number of hydrogen-bond acceptors (Lipinski definition) is 5. The van der Waals surface area contributed by atoms with Crippen LogP contribution in [0.25, 0.3) is 0 Å². The smallest absolute Gasteiger partial charge is 0.327 e. The van der Waals surface area contributed by atoms with Gasteiger partial charge in [-0.3, -0.25) is 19.3 Å². The molecule has 3 fully saturated rings. The van der Waals surface area contributed by atoms with Crippen LogP contribution in [0, 0.1) is 12.8 Å². The topological polar surface area (TPSA) is 103 Å². The van der Waals surface area contributed by atoms with Crippen molar-refractivity contribution in [3.05, 3.63) is 23.9 Å². The standard InChI is InChI=1S/C23H31N5O4/c1-16-6-7-18(24-14-16)25-20(30)17-8-12-27(13-9-17)19(29)15-28-21(31)23(26(2)22(28)32)10-4-3-5-11-23/h6-7,14,17H,3-5,8-13,15H2,1-2H3,(H,24,25,30). The Hall–Kier alpha value is -2.97. The maximum Gasteiger partial charge on any atom is 0.327 e. The zero-order chi connectivity index (χ0) is 22.9. The van der Waals surface area contributed by atoms with Crippen molar-refractivity contribution in [2.45, 2.75) is 57.4 Å². The van der Waals surface area contributed by atoms with Crippen LogP contribution in [0.5, 0.6) is 0 Å². The SMILES string of the molecule is Cc1ccc(NC(=O)C2CCN(C(=O)CN3C(=O)N(C)C4(CCCCC4)C3=O)CC2)nc1. The van der Waals surface area contributed by atoms with E-state index in [9.17, 15) is 19.2 Å². The minimum atomic E-state index is -0.773. The predicted octanol–water partition coefficient (Wildman–Crippen LogP) is 2.16. The number of likely N-dealkylation sites (N-methyl/N-ethyl adjacent to an activating group) is 1. The maximum atomic E-state index is 13.1. The Bertz CT molecular complexity index is 901. The summed E-state index contributed by atoms with van der Waals surface area (Å²) in [6, 6.07) is 3.27. The third-order valence-corrected chi connectivity index (χ3v) is 7.16. The Morgan fingerprint density at radius 3 is 2.44 bits per heavy atom. The van der Waals surface area contributed by atoms with Crippen LogP contribution in [-0.4, -0.2) is 75.7 Å². The number of nitrogens with one attached hydrogen (secondary N) is 1. The molecular formula is C23H31N5O4. The number of aryl methyl sites for hydroxylation is 1. The zero-order valence-corrected chi connectivity index (χ0v) is 18.8. The first kappa shape index (κ1) is 22.2. The molecule has 0 unspecified atom stereocenters. The number of likely N-dealkylation sites (tertiary alicyclic amines) is 1. The van der Waals surface area contributed by atoms with Crippen LogP contribution in [-0.2, 0) is 14.4 Å². The lowest BCUT2D eigenvalue weighted by molar-refractivity contribution is -0.141. The number of aromatic nitrogens is 1. The molecule has 1 aliphatic carbocycles. The van der Waals surface area contributed by atoms with E-state index < -0.39 is 5.54 Å². The Morgan fingerprint density at radius 1 is 1.12 bits per heavy atom. The van der Waals surface area contributed by atoms with Gasteiger partial charge in [0, 0.05) is 32.3 Å². The Balaban J connectivity index is 1.31. The summed E-state index contributed by atoms with van der Waals surface area (Å²) in [7, 11) is 1.67. The van der Waals surface area contributed by atoms with Crippen molar-refractivity contribution in [3.63, 3.8) is 0 Å². The van der Waals surface area contributed by atoms with Gasteiger partial charge in [-0.2, -0.15) is 0 Å². The molecule has 9 heteroatoms. The van der Waals surface area contributed by atoms with Crippen LogP contribution in [0.1, 0.15) is 50.5 Å². The molecule has 0 bridgehead atoms. The second-order valence-corrected chi connectivity index (χ2v) is 9.19. The number of hydrogen-bond donors (Lipinski definition) is 1. The molecule has 4 rings (SSSR count). The highest BCUT2D eigenvalue weighted by atomic mass is 16.2. The van der Waals surface area contributed by atoms with Crippen molar-refractivity contribution in [2.24, 2.45) is 5.92 Å². The van der Waals surface area contributed by atoms with E-state index in [0.717, 1.165) is 29.7 Å². The first-order valence-electron chi connectivity index (χ1n) is 11.4. The predicted molar refractivity (Wildman–Crippen MR) is 118 cm³/mol. The van der Waals surface area contributed by atoms with Crippen molar-refractivity contribution in [3.8, 4) is 0 Å². The van der Waals surface area contributed by atoms with E-state index in [4.69, 9.17) is 0 Å². The van der Waals surface area contributed by atoms with Gasteiger partial charge in [-0.05, 0) is 44.2 Å². The summed E-state index contributed by atoms with van der Waals surface area (Å²) in [6.07, 6.45) is 7.00. The lowest BCUT2D eigenvalue weighted by atomic mass is 9.81. The van der Waals surface area contributed by atoms with E-state index in [-0.39, 0.29) is 36.2 Å². The number of imide groups is 1. The average molecular weight is 442 g/mol. The summed E-state index contributed by atoms with van der Waals surface area (Å²) in [5.74, 6) is -0.260. The van der Waals surface area contributed by atoms with E-state index >= 15 is 0 Å². The van der Waals surface area contributed by atoms with Crippen LogP contribution in [0.4, 0.5) is 10.6 Å². The molecule has 1 aromatic heterocycles. The number of anilines is 1. The minimum absolute atomic E-state index is 0.0979. The molecule has 5 amide bonds. The van der Waals surface area contributed by atoms with Gasteiger partial charge in [-0.1, -0.05) is 25.3 Å². The van der Waals surface area contributed by atoms with Gasteiger partial charge >= 0.3 is 6.03 Å². The van der Waals surface area contributed by atoms with Gasteiger partial charge in [-0.15, -0.1) is 0 Å². The molecule has 1 aromatic rings. The number of urea groups is 1. The summed E-state index contributed by atoms with van der Waals surface area (Å²) in [4.78, 5) is 59.8. The fourth-order valence-corrected chi connectivity index (χ4v) is 5.07. The van der Waals surface area contributed by atoms with Crippen LogP contribution in [0.3, 0.4) is 0 Å². The number of amides is 5. The highest BCUT2D eigenvalue weighted by Crippen LogP contribution is 2.39. The van der Waals surface area contributed by atoms with Crippen molar-refractivity contribution in [2.75, 3.05) is 32.0 Å². The minimum Gasteiger partial charge on any atom is -0.341 e. The summed E-state index contributed by atoms with van der Waals surface area (Å²) in [5, 5.41) is 2.83. The Labute approximate surface area is 188 Å². The summed E-state index contributed by atoms with van der Waals surface area (Å²) >= 11 is 0. The number of pyridine rings is 1. The summed E-state index contributed by atoms with van der Waals surface area (Å²) in [5.41, 5.74) is 0.246. The van der Waals surface area contributed by atoms with Gasteiger partial charge in [0.05, 0.1) is 0 Å². The van der Waals surface area contributed by atoms with E-state index in [1.807, 2.05) is 13.0 Å². The van der Waals surface area contributed by atoms with Gasteiger partial charge in [0.15, 0.2) is 0 Å². The Morgan fingerprint density at radius 2 is 1.81 bits per heavy atom. The van der Waals surface area contributed by atoms with Gasteiger partial charge in [-0.25, -0.2) is 9.78 Å². The third-order valence-electron chi connectivity index (χ3n) is 7.16. The molecule has 3 aliphatic rings. The molecule has 9 nitrogen and oxygen atoms in total. The highest BCUT2D eigenvalue weighted by molar-refractivity contribution is 6.09. The first-order valence-corrected chi connectivity index (χ1v) is 11.4. The number of carbonyl (C=O) groups excluding carboxylic acids is 4. The van der Waals surface area contributed by atoms with Crippen molar-refractivity contribution in [1.82, 2.24) is 19.7 Å². The van der Waals surface area contributed by atoms with Crippen LogP contribution >= 0.6 is 0 Å². The normalized spacial score (nSPS) is 21.4. The second kappa shape index (κ2) is 8.88. The molecule has 1 spiro atoms. The van der Waals surface area contributed by atoms with Gasteiger partial charge in [0.1, 0.15) is 17.9 Å².